The number of hydrogen-bond donors (Lipinski definition) is 1. The van der Waals surface area contributed by atoms with Crippen molar-refractivity contribution < 1.29 is 19.6 Å². The Kier molecular flexibility index (Phi) is 8.36. The molecule has 1 N–H and O–H groups in total. The molecule has 0 aliphatic carbocycles. The number of piperidine rings is 1. The van der Waals surface area contributed by atoms with Gasteiger partial charge in [-0.05, 0) is 49.9 Å². The van der Waals surface area contributed by atoms with E-state index in [1.807, 2.05) is 12.1 Å². The highest BCUT2D eigenvalue weighted by molar-refractivity contribution is 5.97. The van der Waals surface area contributed by atoms with Crippen LogP contribution in [0.2, 0.25) is 0 Å². The van der Waals surface area contributed by atoms with Crippen molar-refractivity contribution >= 4 is 11.5 Å². The number of ether oxygens (including phenoxy) is 1. The van der Waals surface area contributed by atoms with Crippen LogP contribution in [0, 0.1) is 22.0 Å². The molecular weight excluding hydrogens is 408 g/mol. The average Bonchev–Trinajstić information content (AvgIpc) is 2.78. The van der Waals surface area contributed by atoms with E-state index >= 15 is 0 Å². The van der Waals surface area contributed by atoms with Crippen LogP contribution in [-0.2, 0) is 6.42 Å². The van der Waals surface area contributed by atoms with E-state index in [2.05, 4.69) is 30.9 Å². The molecule has 1 fully saturated rings. The first-order valence-corrected chi connectivity index (χ1v) is 11.2. The van der Waals surface area contributed by atoms with Gasteiger partial charge < -0.3 is 14.7 Å². The van der Waals surface area contributed by atoms with Crippen molar-refractivity contribution in [1.82, 2.24) is 4.90 Å². The molecule has 1 unspecified atom stereocenters. The molecule has 1 saturated heterocycles. The first-order valence-electron chi connectivity index (χ1n) is 11.2. The number of likely N-dealkylation sites (tertiary alicyclic amines) is 1. The molecular formula is C25H32N2O5. The Hall–Kier alpha value is -2.77. The lowest BCUT2D eigenvalue weighted by Gasteiger charge is -2.32. The van der Waals surface area contributed by atoms with Gasteiger partial charge in [0.2, 0.25) is 0 Å². The van der Waals surface area contributed by atoms with Crippen LogP contribution in [0.4, 0.5) is 5.69 Å². The molecule has 2 aromatic carbocycles. The van der Waals surface area contributed by atoms with E-state index in [1.165, 1.54) is 17.7 Å². The maximum atomic E-state index is 12.9. The number of hydrogen-bond acceptors (Lipinski definition) is 6. The number of non-ortho nitro benzene ring substituents is 1. The SMILES string of the molecule is CC(C)Cc1ccc(C(=O)C2CCN(CC(O)COc3cccc([N+](=O)[O-])c3)CC2)cc1. The Bertz CT molecular complexity index is 905. The zero-order valence-electron chi connectivity index (χ0n) is 18.8. The van der Waals surface area contributed by atoms with Gasteiger partial charge in [0.05, 0.1) is 11.0 Å². The summed E-state index contributed by atoms with van der Waals surface area (Å²) in [6.07, 6.45) is 1.84. The van der Waals surface area contributed by atoms with Gasteiger partial charge in [0.15, 0.2) is 5.78 Å². The number of rotatable bonds is 10. The molecule has 7 heteroatoms. The molecule has 1 heterocycles. The maximum absolute atomic E-state index is 12.9. The van der Waals surface area contributed by atoms with Crippen LogP contribution in [-0.4, -0.2) is 53.1 Å². The van der Waals surface area contributed by atoms with Crippen LogP contribution in [0.25, 0.3) is 0 Å². The topological polar surface area (TPSA) is 92.9 Å². The van der Waals surface area contributed by atoms with E-state index in [1.54, 1.807) is 12.1 Å². The zero-order valence-corrected chi connectivity index (χ0v) is 18.8. The molecule has 3 rings (SSSR count). The number of aliphatic hydroxyl groups excluding tert-OH is 1. The largest absolute Gasteiger partial charge is 0.491 e. The van der Waals surface area contributed by atoms with Gasteiger partial charge in [0, 0.05) is 24.1 Å². The number of nitrogens with zero attached hydrogens (tertiary/aromatic N) is 2. The van der Waals surface area contributed by atoms with Gasteiger partial charge in [0.1, 0.15) is 18.5 Å². The molecule has 2 aromatic rings. The first kappa shape index (κ1) is 23.9. The molecule has 1 atom stereocenters. The minimum Gasteiger partial charge on any atom is -0.491 e. The number of nitro groups is 1. The second kappa shape index (κ2) is 11.2. The minimum absolute atomic E-state index is 0.0143. The van der Waals surface area contributed by atoms with E-state index in [-0.39, 0.29) is 24.0 Å². The number of carbonyl (C=O) groups is 1. The highest BCUT2D eigenvalue weighted by Crippen LogP contribution is 2.23. The summed E-state index contributed by atoms with van der Waals surface area (Å²) in [5.74, 6) is 1.17. The Morgan fingerprint density at radius 2 is 1.88 bits per heavy atom. The van der Waals surface area contributed by atoms with Crippen LogP contribution in [0.3, 0.4) is 0 Å². The van der Waals surface area contributed by atoms with Crippen molar-refractivity contribution in [2.24, 2.45) is 11.8 Å². The smallest absolute Gasteiger partial charge is 0.273 e. The van der Waals surface area contributed by atoms with Gasteiger partial charge in [-0.15, -0.1) is 0 Å². The zero-order chi connectivity index (χ0) is 23.1. The van der Waals surface area contributed by atoms with Gasteiger partial charge in [-0.3, -0.25) is 14.9 Å². The van der Waals surface area contributed by atoms with Crippen molar-refractivity contribution in [3.8, 4) is 5.75 Å². The van der Waals surface area contributed by atoms with Crippen molar-refractivity contribution in [3.63, 3.8) is 0 Å². The van der Waals surface area contributed by atoms with Crippen molar-refractivity contribution in [2.75, 3.05) is 26.2 Å². The van der Waals surface area contributed by atoms with E-state index in [0.717, 1.165) is 37.9 Å². The monoisotopic (exact) mass is 440 g/mol. The van der Waals surface area contributed by atoms with Crippen molar-refractivity contribution in [2.45, 2.75) is 39.2 Å². The number of carbonyl (C=O) groups excluding carboxylic acids is 1. The molecule has 0 saturated carbocycles. The summed E-state index contributed by atoms with van der Waals surface area (Å²) >= 11 is 0. The summed E-state index contributed by atoms with van der Waals surface area (Å²) in [5.41, 5.74) is 1.99. The van der Waals surface area contributed by atoms with Gasteiger partial charge in [-0.25, -0.2) is 0 Å². The molecule has 0 spiro atoms. The molecule has 32 heavy (non-hydrogen) atoms. The summed E-state index contributed by atoms with van der Waals surface area (Å²) in [6, 6.07) is 13.9. The predicted molar refractivity (Wildman–Crippen MR) is 123 cm³/mol. The van der Waals surface area contributed by atoms with E-state index in [9.17, 15) is 20.0 Å². The van der Waals surface area contributed by atoms with Gasteiger partial charge in [-0.2, -0.15) is 0 Å². The van der Waals surface area contributed by atoms with Crippen molar-refractivity contribution in [1.29, 1.82) is 0 Å². The van der Waals surface area contributed by atoms with Crippen LogP contribution in [0.1, 0.15) is 42.6 Å². The van der Waals surface area contributed by atoms with E-state index in [0.29, 0.717) is 18.2 Å². The van der Waals surface area contributed by atoms with E-state index in [4.69, 9.17) is 4.74 Å². The number of benzene rings is 2. The average molecular weight is 441 g/mol. The lowest BCUT2D eigenvalue weighted by atomic mass is 9.88. The summed E-state index contributed by atoms with van der Waals surface area (Å²) in [5, 5.41) is 21.2. The Labute approximate surface area is 189 Å². The lowest BCUT2D eigenvalue weighted by Crippen LogP contribution is -2.42. The van der Waals surface area contributed by atoms with Gasteiger partial charge in [-0.1, -0.05) is 44.2 Å². The van der Waals surface area contributed by atoms with Gasteiger partial charge >= 0.3 is 0 Å². The summed E-state index contributed by atoms with van der Waals surface area (Å²) in [6.45, 7) is 6.36. The molecule has 7 nitrogen and oxygen atoms in total. The van der Waals surface area contributed by atoms with Crippen molar-refractivity contribution in [3.05, 3.63) is 69.8 Å². The minimum atomic E-state index is -0.713. The Morgan fingerprint density at radius 3 is 2.50 bits per heavy atom. The Morgan fingerprint density at radius 1 is 1.19 bits per heavy atom. The van der Waals surface area contributed by atoms with Crippen LogP contribution in [0.5, 0.6) is 5.75 Å². The fraction of sp³-hybridized carbons (Fsp3) is 0.480. The second-order valence-corrected chi connectivity index (χ2v) is 8.95. The molecule has 0 aromatic heterocycles. The van der Waals surface area contributed by atoms with Crippen LogP contribution >= 0.6 is 0 Å². The third kappa shape index (κ3) is 6.87. The third-order valence-corrected chi connectivity index (χ3v) is 5.78. The molecule has 0 bridgehead atoms. The summed E-state index contributed by atoms with van der Waals surface area (Å²) in [7, 11) is 0. The summed E-state index contributed by atoms with van der Waals surface area (Å²) < 4.78 is 5.52. The predicted octanol–water partition coefficient (Wildman–Crippen LogP) is 4.13. The molecule has 1 aliphatic rings. The van der Waals surface area contributed by atoms with Gasteiger partial charge in [0.25, 0.3) is 5.69 Å². The van der Waals surface area contributed by atoms with Crippen LogP contribution < -0.4 is 4.74 Å². The molecule has 1 aliphatic heterocycles. The lowest BCUT2D eigenvalue weighted by molar-refractivity contribution is -0.384. The maximum Gasteiger partial charge on any atom is 0.273 e. The van der Waals surface area contributed by atoms with E-state index < -0.39 is 11.0 Å². The van der Waals surface area contributed by atoms with Crippen LogP contribution in [0.15, 0.2) is 48.5 Å². The number of nitro benzene ring substituents is 1. The molecule has 0 amide bonds. The quantitative estimate of drug-likeness (QED) is 0.339. The standard InChI is InChI=1S/C25H32N2O5/c1-18(2)14-19-6-8-20(9-7-19)25(29)21-10-12-26(13-11-21)16-23(28)17-32-24-5-3-4-22(15-24)27(30)31/h3-9,15,18,21,23,28H,10-14,16-17H2,1-2H3. The second-order valence-electron chi connectivity index (χ2n) is 8.95. The Balaban J connectivity index is 1.42. The highest BCUT2D eigenvalue weighted by atomic mass is 16.6. The third-order valence-electron chi connectivity index (χ3n) is 5.78. The number of β-amino-alcohol motifs (C(OH)–C–C–N with tert-alkyl or cyclic N) is 1. The normalized spacial score (nSPS) is 16.1. The number of Topliss-reactive ketones (excluding diaryl/α,β-unsaturated/α-hetero) is 1. The molecule has 172 valence electrons. The fourth-order valence-corrected chi connectivity index (χ4v) is 4.12. The molecule has 0 radical (unpaired) electrons. The fourth-order valence-electron chi connectivity index (χ4n) is 4.12. The number of ketones is 1. The summed E-state index contributed by atoms with van der Waals surface area (Å²) in [4.78, 5) is 25.4. The number of aliphatic hydroxyl groups is 1. The highest BCUT2D eigenvalue weighted by Gasteiger charge is 2.26. The first-order chi connectivity index (χ1) is 15.3.